The van der Waals surface area contributed by atoms with Crippen molar-refractivity contribution in [2.75, 3.05) is 26.0 Å². The van der Waals surface area contributed by atoms with Crippen LogP contribution in [0.15, 0.2) is 66.1 Å². The van der Waals surface area contributed by atoms with E-state index in [4.69, 9.17) is 4.74 Å². The number of methoxy groups -OCH3 is 1. The lowest BCUT2D eigenvalue weighted by atomic mass is 9.90. The van der Waals surface area contributed by atoms with Gasteiger partial charge in [0, 0.05) is 13.1 Å². The molecule has 1 fully saturated rings. The Bertz CT molecular complexity index is 968. The average molecular weight is 423 g/mol. The molecule has 1 saturated heterocycles. The smallest absolute Gasteiger partial charge is 0.233 e. The van der Waals surface area contributed by atoms with Crippen LogP contribution in [0.2, 0.25) is 0 Å². The highest BCUT2D eigenvalue weighted by Crippen LogP contribution is 2.27. The minimum atomic E-state index is 0.160. The Kier molecular flexibility index (Phi) is 6.69. The summed E-state index contributed by atoms with van der Waals surface area (Å²) in [7, 11) is 1.64. The fourth-order valence-corrected chi connectivity index (χ4v) is 4.69. The Labute approximate surface area is 181 Å². The SMILES string of the molecule is COc1ccccc1-n1cnnc1SCC(=O)N1CCC(Cc2ccccc2)CC1. The van der Waals surface area contributed by atoms with E-state index in [1.807, 2.05) is 33.7 Å². The molecule has 4 rings (SSSR count). The summed E-state index contributed by atoms with van der Waals surface area (Å²) in [4.78, 5) is 14.7. The van der Waals surface area contributed by atoms with E-state index >= 15 is 0 Å². The zero-order valence-electron chi connectivity index (χ0n) is 17.1. The van der Waals surface area contributed by atoms with E-state index in [2.05, 4.69) is 40.5 Å². The maximum atomic E-state index is 12.8. The maximum absolute atomic E-state index is 12.8. The number of thioether (sulfide) groups is 1. The topological polar surface area (TPSA) is 60.2 Å². The summed E-state index contributed by atoms with van der Waals surface area (Å²) in [5, 5.41) is 8.91. The number of nitrogens with zero attached hydrogens (tertiary/aromatic N) is 4. The number of carbonyl (C=O) groups is 1. The van der Waals surface area contributed by atoms with Crippen LogP contribution in [0.1, 0.15) is 18.4 Å². The first kappa shape index (κ1) is 20.5. The number of piperidine rings is 1. The molecule has 7 heteroatoms. The maximum Gasteiger partial charge on any atom is 0.233 e. The summed E-state index contributed by atoms with van der Waals surface area (Å²) in [5.41, 5.74) is 2.25. The van der Waals surface area contributed by atoms with E-state index in [-0.39, 0.29) is 5.91 Å². The van der Waals surface area contributed by atoms with Gasteiger partial charge in [0.05, 0.1) is 18.6 Å². The van der Waals surface area contributed by atoms with Crippen molar-refractivity contribution in [1.82, 2.24) is 19.7 Å². The van der Waals surface area contributed by atoms with Crippen LogP contribution < -0.4 is 4.74 Å². The molecular weight excluding hydrogens is 396 g/mol. The number of ether oxygens (including phenoxy) is 1. The molecule has 2 heterocycles. The Morgan fingerprint density at radius 2 is 1.83 bits per heavy atom. The van der Waals surface area contributed by atoms with Crippen molar-refractivity contribution in [3.63, 3.8) is 0 Å². The zero-order valence-corrected chi connectivity index (χ0v) is 17.9. The first-order valence-corrected chi connectivity index (χ1v) is 11.2. The van der Waals surface area contributed by atoms with Crippen molar-refractivity contribution < 1.29 is 9.53 Å². The second-order valence-corrected chi connectivity index (χ2v) is 8.40. The van der Waals surface area contributed by atoms with Crippen LogP contribution in [-0.4, -0.2) is 51.5 Å². The zero-order chi connectivity index (χ0) is 20.8. The molecule has 0 N–H and O–H groups in total. The Hall–Kier alpha value is -2.80. The van der Waals surface area contributed by atoms with E-state index in [1.165, 1.54) is 17.3 Å². The molecule has 0 saturated carbocycles. The minimum absolute atomic E-state index is 0.160. The third kappa shape index (κ3) is 4.84. The minimum Gasteiger partial charge on any atom is -0.495 e. The number of hydrogen-bond donors (Lipinski definition) is 0. The molecule has 6 nitrogen and oxygen atoms in total. The van der Waals surface area contributed by atoms with Gasteiger partial charge >= 0.3 is 0 Å². The summed E-state index contributed by atoms with van der Waals surface area (Å²) >= 11 is 1.42. The van der Waals surface area contributed by atoms with Gasteiger partial charge in [0.1, 0.15) is 12.1 Å². The highest BCUT2D eigenvalue weighted by molar-refractivity contribution is 7.99. The summed E-state index contributed by atoms with van der Waals surface area (Å²) < 4.78 is 7.30. The Balaban J connectivity index is 1.31. The number of carbonyl (C=O) groups excluding carboxylic acids is 1. The van der Waals surface area contributed by atoms with Crippen LogP contribution >= 0.6 is 11.8 Å². The first-order valence-electron chi connectivity index (χ1n) is 10.2. The van der Waals surface area contributed by atoms with Gasteiger partial charge in [-0.1, -0.05) is 54.2 Å². The number of aromatic nitrogens is 3. The fraction of sp³-hybridized carbons (Fsp3) is 0.348. The predicted octanol–water partition coefficient (Wildman–Crippen LogP) is 3.85. The average Bonchev–Trinajstić information content (AvgIpc) is 3.27. The standard InChI is InChI=1S/C23H26N4O2S/c1-29-21-10-6-5-9-20(21)27-17-24-25-23(27)30-16-22(28)26-13-11-19(12-14-26)15-18-7-3-2-4-8-18/h2-10,17,19H,11-16H2,1H3. The van der Waals surface area contributed by atoms with Gasteiger partial charge in [-0.25, -0.2) is 0 Å². The molecule has 30 heavy (non-hydrogen) atoms. The Morgan fingerprint density at radius 3 is 2.60 bits per heavy atom. The molecule has 156 valence electrons. The van der Waals surface area contributed by atoms with Gasteiger partial charge in [0.2, 0.25) is 5.91 Å². The van der Waals surface area contributed by atoms with Crippen LogP contribution in [0.5, 0.6) is 5.75 Å². The van der Waals surface area contributed by atoms with Crippen molar-refractivity contribution in [3.8, 4) is 11.4 Å². The summed E-state index contributed by atoms with van der Waals surface area (Å²) in [6.45, 7) is 1.66. The third-order valence-corrected chi connectivity index (χ3v) is 6.45. The normalized spacial score (nSPS) is 14.6. The first-order chi connectivity index (χ1) is 14.7. The number of amides is 1. The van der Waals surface area contributed by atoms with Crippen molar-refractivity contribution in [3.05, 3.63) is 66.5 Å². The van der Waals surface area contributed by atoms with Gasteiger partial charge in [0.25, 0.3) is 0 Å². The molecule has 1 aliphatic rings. The molecule has 0 atom stereocenters. The van der Waals surface area contributed by atoms with E-state index in [1.54, 1.807) is 13.4 Å². The third-order valence-electron chi connectivity index (χ3n) is 5.52. The molecular formula is C23H26N4O2S. The van der Waals surface area contributed by atoms with Crippen LogP contribution in [0, 0.1) is 5.92 Å². The van der Waals surface area contributed by atoms with Crippen LogP contribution in [-0.2, 0) is 11.2 Å². The second kappa shape index (κ2) is 9.80. The molecule has 1 aromatic heterocycles. The van der Waals surface area contributed by atoms with Crippen molar-refractivity contribution >= 4 is 17.7 Å². The molecule has 1 aliphatic heterocycles. The van der Waals surface area contributed by atoms with Crippen molar-refractivity contribution in [2.45, 2.75) is 24.4 Å². The van der Waals surface area contributed by atoms with Gasteiger partial charge in [-0.15, -0.1) is 10.2 Å². The van der Waals surface area contributed by atoms with Crippen LogP contribution in [0.3, 0.4) is 0 Å². The number of hydrogen-bond acceptors (Lipinski definition) is 5. The molecule has 0 radical (unpaired) electrons. The van der Waals surface area contributed by atoms with E-state index < -0.39 is 0 Å². The lowest BCUT2D eigenvalue weighted by molar-refractivity contribution is -0.129. The number of para-hydroxylation sites is 2. The van der Waals surface area contributed by atoms with Gasteiger partial charge in [-0.05, 0) is 42.9 Å². The molecule has 3 aromatic rings. The van der Waals surface area contributed by atoms with Crippen molar-refractivity contribution in [1.29, 1.82) is 0 Å². The van der Waals surface area contributed by atoms with Crippen LogP contribution in [0.25, 0.3) is 5.69 Å². The fourth-order valence-electron chi connectivity index (χ4n) is 3.87. The molecule has 2 aromatic carbocycles. The number of likely N-dealkylation sites (tertiary alicyclic amines) is 1. The summed E-state index contributed by atoms with van der Waals surface area (Å²) in [6, 6.07) is 18.3. The monoisotopic (exact) mass is 422 g/mol. The molecule has 0 bridgehead atoms. The second-order valence-electron chi connectivity index (χ2n) is 7.46. The summed E-state index contributed by atoms with van der Waals surface area (Å²) in [5.74, 6) is 1.91. The Morgan fingerprint density at radius 1 is 1.10 bits per heavy atom. The highest BCUT2D eigenvalue weighted by atomic mass is 32.2. The van der Waals surface area contributed by atoms with E-state index in [0.717, 1.165) is 43.8 Å². The largest absolute Gasteiger partial charge is 0.495 e. The predicted molar refractivity (Wildman–Crippen MR) is 118 cm³/mol. The lowest BCUT2D eigenvalue weighted by Crippen LogP contribution is -2.39. The lowest BCUT2D eigenvalue weighted by Gasteiger charge is -2.32. The number of benzene rings is 2. The van der Waals surface area contributed by atoms with Gasteiger partial charge in [-0.2, -0.15) is 0 Å². The highest BCUT2D eigenvalue weighted by Gasteiger charge is 2.23. The van der Waals surface area contributed by atoms with Gasteiger partial charge < -0.3 is 9.64 Å². The van der Waals surface area contributed by atoms with Gasteiger partial charge in [0.15, 0.2) is 5.16 Å². The van der Waals surface area contributed by atoms with Crippen molar-refractivity contribution in [2.24, 2.45) is 5.92 Å². The molecule has 0 aliphatic carbocycles. The molecule has 0 unspecified atom stereocenters. The van der Waals surface area contributed by atoms with E-state index in [0.29, 0.717) is 16.8 Å². The van der Waals surface area contributed by atoms with Gasteiger partial charge in [-0.3, -0.25) is 9.36 Å². The summed E-state index contributed by atoms with van der Waals surface area (Å²) in [6.07, 6.45) is 4.87. The quantitative estimate of drug-likeness (QED) is 0.541. The van der Waals surface area contributed by atoms with Crippen LogP contribution in [0.4, 0.5) is 0 Å². The number of rotatable bonds is 7. The molecule has 0 spiro atoms. The van der Waals surface area contributed by atoms with E-state index in [9.17, 15) is 4.79 Å². The molecule has 1 amide bonds.